The SMILES string of the molecule is O=C(O)/C=C/C(=O)NC(=O)Nc1cc(F)c(Br)cc1F. The topological polar surface area (TPSA) is 95.5 Å². The van der Waals surface area contributed by atoms with Gasteiger partial charge in [0.15, 0.2) is 0 Å². The zero-order chi connectivity index (χ0) is 15.3. The van der Waals surface area contributed by atoms with Gasteiger partial charge in [-0.3, -0.25) is 10.1 Å². The molecule has 0 saturated heterocycles. The molecule has 0 aliphatic carbocycles. The highest BCUT2D eigenvalue weighted by Crippen LogP contribution is 2.23. The average Bonchev–Trinajstić information content (AvgIpc) is 2.33. The van der Waals surface area contributed by atoms with Crippen LogP contribution in [-0.2, 0) is 9.59 Å². The number of aliphatic carboxylic acids is 1. The third-order valence-electron chi connectivity index (χ3n) is 1.87. The smallest absolute Gasteiger partial charge is 0.328 e. The van der Waals surface area contributed by atoms with E-state index in [-0.39, 0.29) is 4.47 Å². The van der Waals surface area contributed by atoms with Crippen molar-refractivity contribution in [1.29, 1.82) is 0 Å². The van der Waals surface area contributed by atoms with Gasteiger partial charge in [0.1, 0.15) is 11.6 Å². The summed E-state index contributed by atoms with van der Waals surface area (Å²) >= 11 is 2.76. The first kappa shape index (κ1) is 15.8. The van der Waals surface area contributed by atoms with Crippen LogP contribution in [-0.4, -0.2) is 23.0 Å². The summed E-state index contributed by atoms with van der Waals surface area (Å²) in [6, 6.07) is 0.388. The normalized spacial score (nSPS) is 10.3. The Bertz CT molecular complexity index is 604. The molecule has 1 aromatic rings. The first-order chi connectivity index (χ1) is 9.29. The number of urea groups is 1. The van der Waals surface area contributed by atoms with Crippen molar-refractivity contribution in [2.45, 2.75) is 0 Å². The summed E-state index contributed by atoms with van der Waals surface area (Å²) in [5.41, 5.74) is -0.474. The maximum absolute atomic E-state index is 13.4. The number of hydrogen-bond donors (Lipinski definition) is 3. The van der Waals surface area contributed by atoms with Gasteiger partial charge < -0.3 is 10.4 Å². The molecule has 3 N–H and O–H groups in total. The Morgan fingerprint density at radius 3 is 2.40 bits per heavy atom. The van der Waals surface area contributed by atoms with Crippen LogP contribution in [0.2, 0.25) is 0 Å². The Morgan fingerprint density at radius 2 is 1.80 bits per heavy atom. The predicted molar refractivity (Wildman–Crippen MR) is 68.0 cm³/mol. The van der Waals surface area contributed by atoms with E-state index < -0.39 is 35.2 Å². The number of halogens is 3. The second-order valence-electron chi connectivity index (χ2n) is 3.36. The van der Waals surface area contributed by atoms with Crippen molar-refractivity contribution >= 4 is 39.5 Å². The van der Waals surface area contributed by atoms with Gasteiger partial charge in [0.25, 0.3) is 5.91 Å². The van der Waals surface area contributed by atoms with Crippen LogP contribution in [0.15, 0.2) is 28.8 Å². The second kappa shape index (κ2) is 6.75. The molecule has 0 unspecified atom stereocenters. The quantitative estimate of drug-likeness (QED) is 0.575. The molecule has 6 nitrogen and oxygen atoms in total. The Labute approximate surface area is 119 Å². The summed E-state index contributed by atoms with van der Waals surface area (Å²) in [5, 5.41) is 11.9. The number of nitrogens with one attached hydrogen (secondary N) is 2. The number of carboxylic acids is 1. The van der Waals surface area contributed by atoms with Gasteiger partial charge in [0.2, 0.25) is 0 Å². The molecule has 0 bridgehead atoms. The lowest BCUT2D eigenvalue weighted by atomic mass is 10.3. The van der Waals surface area contributed by atoms with E-state index in [1.54, 1.807) is 5.32 Å². The number of carbonyl (C=O) groups is 3. The molecular weight excluding hydrogens is 342 g/mol. The molecule has 0 radical (unpaired) electrons. The molecule has 0 aromatic heterocycles. The van der Waals surface area contributed by atoms with Gasteiger partial charge in [-0.05, 0) is 22.0 Å². The van der Waals surface area contributed by atoms with Crippen LogP contribution in [0, 0.1) is 11.6 Å². The molecule has 0 aliphatic rings. The number of hydrogen-bond acceptors (Lipinski definition) is 3. The van der Waals surface area contributed by atoms with Gasteiger partial charge >= 0.3 is 12.0 Å². The van der Waals surface area contributed by atoms with Gasteiger partial charge in [-0.2, -0.15) is 0 Å². The number of benzene rings is 1. The highest BCUT2D eigenvalue weighted by Gasteiger charge is 2.12. The predicted octanol–water partition coefficient (Wildman–Crippen LogP) is 2.02. The van der Waals surface area contributed by atoms with E-state index in [4.69, 9.17) is 5.11 Å². The zero-order valence-electron chi connectivity index (χ0n) is 9.62. The summed E-state index contributed by atoms with van der Waals surface area (Å²) in [7, 11) is 0. The number of rotatable bonds is 3. The third kappa shape index (κ3) is 4.76. The zero-order valence-corrected chi connectivity index (χ0v) is 11.2. The highest BCUT2D eigenvalue weighted by molar-refractivity contribution is 9.10. The first-order valence-electron chi connectivity index (χ1n) is 4.97. The minimum atomic E-state index is -1.37. The summed E-state index contributed by atoms with van der Waals surface area (Å²) in [6.45, 7) is 0. The fourth-order valence-corrected chi connectivity index (χ4v) is 1.39. The van der Waals surface area contributed by atoms with E-state index in [1.165, 1.54) is 0 Å². The van der Waals surface area contributed by atoms with Crippen LogP contribution in [0.4, 0.5) is 19.3 Å². The van der Waals surface area contributed by atoms with Gasteiger partial charge in [0, 0.05) is 18.2 Å². The van der Waals surface area contributed by atoms with Crippen molar-refractivity contribution in [1.82, 2.24) is 5.32 Å². The minimum absolute atomic E-state index is 0.124. The Hall–Kier alpha value is -2.29. The second-order valence-corrected chi connectivity index (χ2v) is 4.22. The molecular formula is C11H7BrF2N2O4. The standard InChI is InChI=1S/C11H7BrF2N2O4/c12-5-3-7(14)8(4-6(5)13)15-11(20)16-9(17)1-2-10(18)19/h1-4H,(H,18,19)(H2,15,16,17,20)/b2-1+. The molecule has 0 aliphatic heterocycles. The number of carbonyl (C=O) groups excluding carboxylic acids is 2. The lowest BCUT2D eigenvalue weighted by Crippen LogP contribution is -2.33. The lowest BCUT2D eigenvalue weighted by molar-refractivity contribution is -0.131. The fourth-order valence-electron chi connectivity index (χ4n) is 1.07. The molecule has 20 heavy (non-hydrogen) atoms. The Morgan fingerprint density at radius 1 is 1.15 bits per heavy atom. The third-order valence-corrected chi connectivity index (χ3v) is 2.48. The van der Waals surface area contributed by atoms with Crippen LogP contribution in [0.5, 0.6) is 0 Å². The maximum Gasteiger partial charge on any atom is 0.328 e. The number of carboxylic acid groups (broad SMARTS) is 1. The van der Waals surface area contributed by atoms with Crippen LogP contribution in [0.25, 0.3) is 0 Å². The van der Waals surface area contributed by atoms with Crippen molar-refractivity contribution in [3.63, 3.8) is 0 Å². The molecule has 0 atom stereocenters. The van der Waals surface area contributed by atoms with Gasteiger partial charge in [-0.15, -0.1) is 0 Å². The minimum Gasteiger partial charge on any atom is -0.478 e. The van der Waals surface area contributed by atoms with Crippen molar-refractivity contribution in [3.8, 4) is 0 Å². The lowest BCUT2D eigenvalue weighted by Gasteiger charge is -2.07. The van der Waals surface area contributed by atoms with E-state index in [2.05, 4.69) is 15.9 Å². The molecule has 0 saturated carbocycles. The molecule has 106 valence electrons. The Kier molecular flexibility index (Phi) is 5.32. The largest absolute Gasteiger partial charge is 0.478 e. The van der Waals surface area contributed by atoms with E-state index in [9.17, 15) is 23.2 Å². The molecule has 0 fully saturated rings. The summed E-state index contributed by atoms with van der Waals surface area (Å²) in [5.74, 6) is -4.12. The summed E-state index contributed by atoms with van der Waals surface area (Å²) in [6.07, 6.45) is 1.11. The van der Waals surface area contributed by atoms with Gasteiger partial charge in [0.05, 0.1) is 10.2 Å². The number of imide groups is 1. The highest BCUT2D eigenvalue weighted by atomic mass is 79.9. The van der Waals surface area contributed by atoms with E-state index >= 15 is 0 Å². The molecule has 9 heteroatoms. The monoisotopic (exact) mass is 348 g/mol. The Balaban J connectivity index is 2.70. The molecule has 1 rings (SSSR count). The van der Waals surface area contributed by atoms with Crippen molar-refractivity contribution in [3.05, 3.63) is 40.4 Å². The van der Waals surface area contributed by atoms with E-state index in [1.807, 2.05) is 5.32 Å². The fraction of sp³-hybridized carbons (Fsp3) is 0. The average molecular weight is 349 g/mol. The van der Waals surface area contributed by atoms with Crippen LogP contribution in [0.3, 0.4) is 0 Å². The van der Waals surface area contributed by atoms with E-state index in [0.29, 0.717) is 12.2 Å². The molecule has 0 spiro atoms. The van der Waals surface area contributed by atoms with Gasteiger partial charge in [-0.1, -0.05) is 0 Å². The van der Waals surface area contributed by atoms with Crippen LogP contribution in [0.1, 0.15) is 0 Å². The maximum atomic E-state index is 13.4. The summed E-state index contributed by atoms with van der Waals surface area (Å²) < 4.78 is 26.4. The number of anilines is 1. The van der Waals surface area contributed by atoms with Crippen LogP contribution < -0.4 is 10.6 Å². The molecule has 0 heterocycles. The van der Waals surface area contributed by atoms with Crippen molar-refractivity contribution in [2.75, 3.05) is 5.32 Å². The van der Waals surface area contributed by atoms with Gasteiger partial charge in [-0.25, -0.2) is 18.4 Å². The van der Waals surface area contributed by atoms with E-state index in [0.717, 1.165) is 12.1 Å². The number of amides is 3. The van der Waals surface area contributed by atoms with Crippen LogP contribution >= 0.6 is 15.9 Å². The molecule has 3 amide bonds. The summed E-state index contributed by atoms with van der Waals surface area (Å²) in [4.78, 5) is 32.5. The molecule has 1 aromatic carbocycles. The first-order valence-corrected chi connectivity index (χ1v) is 5.76. The van der Waals surface area contributed by atoms with Crippen molar-refractivity contribution < 1.29 is 28.3 Å². The van der Waals surface area contributed by atoms with Crippen molar-refractivity contribution in [2.24, 2.45) is 0 Å².